The maximum Gasteiger partial charge on any atom is 0.130 e. The molecule has 0 aromatic carbocycles. The van der Waals surface area contributed by atoms with E-state index in [1.165, 1.54) is 0 Å². The van der Waals surface area contributed by atoms with Gasteiger partial charge in [0, 0.05) is 31.3 Å². The van der Waals surface area contributed by atoms with E-state index >= 15 is 0 Å². The van der Waals surface area contributed by atoms with Crippen molar-refractivity contribution in [2.75, 3.05) is 18.4 Å². The highest BCUT2D eigenvalue weighted by atomic mass is 15.0. The van der Waals surface area contributed by atoms with Crippen molar-refractivity contribution in [1.82, 2.24) is 9.97 Å². The zero-order chi connectivity index (χ0) is 9.68. The zero-order valence-corrected chi connectivity index (χ0v) is 8.17. The third-order valence-corrected chi connectivity index (χ3v) is 1.67. The van der Waals surface area contributed by atoms with Crippen LogP contribution in [-0.4, -0.2) is 23.1 Å². The van der Waals surface area contributed by atoms with Gasteiger partial charge in [0.1, 0.15) is 11.6 Å². The predicted molar refractivity (Wildman–Crippen MR) is 53.7 cm³/mol. The van der Waals surface area contributed by atoms with Gasteiger partial charge in [0.05, 0.1) is 0 Å². The molecule has 0 amide bonds. The Kier molecular flexibility index (Phi) is 3.64. The highest BCUT2D eigenvalue weighted by Gasteiger charge is 1.98. The lowest BCUT2D eigenvalue weighted by molar-refractivity contribution is 0.908. The molecule has 0 bridgehead atoms. The van der Waals surface area contributed by atoms with Crippen molar-refractivity contribution < 1.29 is 0 Å². The normalized spacial score (nSPS) is 10.1. The fourth-order valence-electron chi connectivity index (χ4n) is 1.08. The van der Waals surface area contributed by atoms with Gasteiger partial charge >= 0.3 is 0 Å². The van der Waals surface area contributed by atoms with Crippen LogP contribution in [0.1, 0.15) is 18.4 Å². The first-order valence-electron chi connectivity index (χ1n) is 4.54. The molecule has 0 aliphatic heterocycles. The summed E-state index contributed by atoms with van der Waals surface area (Å²) in [7, 11) is 0. The Morgan fingerprint density at radius 2 is 2.23 bits per heavy atom. The van der Waals surface area contributed by atoms with Crippen LogP contribution in [0.25, 0.3) is 0 Å². The molecule has 0 aliphatic carbocycles. The number of nitrogens with one attached hydrogen (secondary N) is 1. The van der Waals surface area contributed by atoms with Crippen molar-refractivity contribution in [3.63, 3.8) is 0 Å². The van der Waals surface area contributed by atoms with E-state index in [1.54, 1.807) is 0 Å². The van der Waals surface area contributed by atoms with Gasteiger partial charge in [-0.2, -0.15) is 0 Å². The van der Waals surface area contributed by atoms with Crippen LogP contribution in [0.15, 0.2) is 6.07 Å². The van der Waals surface area contributed by atoms with Crippen LogP contribution in [-0.2, 0) is 6.42 Å². The minimum atomic E-state index is 0.616. The molecular formula is C9H16N4. The van der Waals surface area contributed by atoms with Crippen molar-refractivity contribution in [2.45, 2.75) is 20.3 Å². The molecule has 0 saturated carbocycles. The molecule has 0 saturated heterocycles. The first-order chi connectivity index (χ1) is 6.26. The fourth-order valence-corrected chi connectivity index (χ4v) is 1.08. The number of hydrogen-bond donors (Lipinski definition) is 2. The van der Waals surface area contributed by atoms with Crippen molar-refractivity contribution in [1.29, 1.82) is 0 Å². The molecule has 0 spiro atoms. The molecule has 1 heterocycles. The van der Waals surface area contributed by atoms with Gasteiger partial charge < -0.3 is 11.1 Å². The number of rotatable bonds is 4. The van der Waals surface area contributed by atoms with Crippen molar-refractivity contribution >= 4 is 5.82 Å². The van der Waals surface area contributed by atoms with E-state index in [-0.39, 0.29) is 0 Å². The minimum absolute atomic E-state index is 0.616. The van der Waals surface area contributed by atoms with Crippen LogP contribution in [0, 0.1) is 6.92 Å². The molecule has 0 radical (unpaired) electrons. The van der Waals surface area contributed by atoms with Gasteiger partial charge in [0.15, 0.2) is 0 Å². The number of aromatic nitrogens is 2. The highest BCUT2D eigenvalue weighted by molar-refractivity contribution is 5.35. The van der Waals surface area contributed by atoms with E-state index in [2.05, 4.69) is 15.3 Å². The lowest BCUT2D eigenvalue weighted by atomic mass is 10.3. The van der Waals surface area contributed by atoms with E-state index < -0.39 is 0 Å². The van der Waals surface area contributed by atoms with Gasteiger partial charge in [-0.15, -0.1) is 0 Å². The number of nitrogens with zero attached hydrogens (tertiary/aromatic N) is 2. The van der Waals surface area contributed by atoms with E-state index in [4.69, 9.17) is 5.73 Å². The van der Waals surface area contributed by atoms with Crippen LogP contribution >= 0.6 is 0 Å². The summed E-state index contributed by atoms with van der Waals surface area (Å²) in [5.74, 6) is 1.74. The van der Waals surface area contributed by atoms with Gasteiger partial charge in [-0.3, -0.25) is 0 Å². The largest absolute Gasteiger partial charge is 0.369 e. The Morgan fingerprint density at radius 1 is 1.46 bits per heavy atom. The second-order valence-electron chi connectivity index (χ2n) is 2.88. The third kappa shape index (κ3) is 2.99. The topological polar surface area (TPSA) is 63.8 Å². The fraction of sp³-hybridized carbons (Fsp3) is 0.556. The van der Waals surface area contributed by atoms with E-state index in [0.29, 0.717) is 6.54 Å². The standard InChI is InChI=1S/C9H16N4/c1-3-8-12-7(2)6-9(13-8)11-5-4-10/h6H,3-5,10H2,1-2H3,(H,11,12,13). The molecule has 3 N–H and O–H groups in total. The average Bonchev–Trinajstić information content (AvgIpc) is 2.14. The Morgan fingerprint density at radius 3 is 2.85 bits per heavy atom. The van der Waals surface area contributed by atoms with Crippen LogP contribution < -0.4 is 11.1 Å². The van der Waals surface area contributed by atoms with Crippen molar-refractivity contribution in [3.8, 4) is 0 Å². The summed E-state index contributed by atoms with van der Waals surface area (Å²) in [6.07, 6.45) is 0.860. The molecule has 1 aromatic heterocycles. The zero-order valence-electron chi connectivity index (χ0n) is 8.17. The number of anilines is 1. The summed E-state index contributed by atoms with van der Waals surface area (Å²) in [6, 6.07) is 1.93. The average molecular weight is 180 g/mol. The monoisotopic (exact) mass is 180 g/mol. The van der Waals surface area contributed by atoms with Crippen LogP contribution in [0.2, 0.25) is 0 Å². The number of hydrogen-bond acceptors (Lipinski definition) is 4. The first kappa shape index (κ1) is 9.92. The summed E-state index contributed by atoms with van der Waals surface area (Å²) in [5.41, 5.74) is 6.37. The molecule has 0 unspecified atom stereocenters. The summed E-state index contributed by atoms with van der Waals surface area (Å²) < 4.78 is 0. The van der Waals surface area contributed by atoms with Crippen LogP contribution in [0.5, 0.6) is 0 Å². The molecule has 4 nitrogen and oxygen atoms in total. The highest BCUT2D eigenvalue weighted by Crippen LogP contribution is 2.05. The van der Waals surface area contributed by atoms with Gasteiger partial charge in [-0.25, -0.2) is 9.97 Å². The Balaban J connectivity index is 2.76. The number of nitrogens with two attached hydrogens (primary N) is 1. The van der Waals surface area contributed by atoms with Crippen molar-refractivity contribution in [2.24, 2.45) is 5.73 Å². The van der Waals surface area contributed by atoms with Gasteiger partial charge in [0.25, 0.3) is 0 Å². The summed E-state index contributed by atoms with van der Waals surface area (Å²) in [4.78, 5) is 8.59. The van der Waals surface area contributed by atoms with E-state index in [9.17, 15) is 0 Å². The lowest BCUT2D eigenvalue weighted by Gasteiger charge is -2.05. The van der Waals surface area contributed by atoms with Gasteiger partial charge in [-0.1, -0.05) is 6.92 Å². The first-order valence-corrected chi connectivity index (χ1v) is 4.54. The number of aryl methyl sites for hydroxylation is 2. The molecule has 13 heavy (non-hydrogen) atoms. The molecule has 0 aliphatic rings. The van der Waals surface area contributed by atoms with Crippen LogP contribution in [0.3, 0.4) is 0 Å². The SMILES string of the molecule is CCc1nc(C)cc(NCCN)n1. The van der Waals surface area contributed by atoms with Crippen LogP contribution in [0.4, 0.5) is 5.82 Å². The second kappa shape index (κ2) is 4.77. The molecule has 1 rings (SSSR count). The maximum absolute atomic E-state index is 5.38. The third-order valence-electron chi connectivity index (χ3n) is 1.67. The predicted octanol–water partition coefficient (Wildman–Crippen LogP) is 0.718. The Labute approximate surface area is 78.6 Å². The molecule has 4 heteroatoms. The summed E-state index contributed by atoms with van der Waals surface area (Å²) >= 11 is 0. The minimum Gasteiger partial charge on any atom is -0.369 e. The molecule has 72 valence electrons. The van der Waals surface area contributed by atoms with Gasteiger partial charge in [0.2, 0.25) is 0 Å². The molecule has 0 fully saturated rings. The lowest BCUT2D eigenvalue weighted by Crippen LogP contribution is -2.14. The molecular weight excluding hydrogens is 164 g/mol. The quantitative estimate of drug-likeness (QED) is 0.716. The van der Waals surface area contributed by atoms with Crippen molar-refractivity contribution in [3.05, 3.63) is 17.6 Å². The summed E-state index contributed by atoms with van der Waals surface area (Å²) in [6.45, 7) is 5.38. The maximum atomic E-state index is 5.38. The van der Waals surface area contributed by atoms with E-state index in [0.717, 1.165) is 30.3 Å². The molecule has 1 aromatic rings. The van der Waals surface area contributed by atoms with Gasteiger partial charge in [-0.05, 0) is 6.92 Å². The van der Waals surface area contributed by atoms with E-state index in [1.807, 2.05) is 19.9 Å². The Bertz CT molecular complexity index is 272. The second-order valence-corrected chi connectivity index (χ2v) is 2.88. The Hall–Kier alpha value is -1.16. The summed E-state index contributed by atoms with van der Waals surface area (Å²) in [5, 5.41) is 3.13. The molecule has 0 atom stereocenters. The smallest absolute Gasteiger partial charge is 0.130 e.